The maximum atomic E-state index is 7.01. The van der Waals surface area contributed by atoms with Crippen molar-refractivity contribution in [3.63, 3.8) is 0 Å². The summed E-state index contributed by atoms with van der Waals surface area (Å²) in [4.78, 5) is 5.79. The summed E-state index contributed by atoms with van der Waals surface area (Å²) in [7, 11) is 1.93. The summed E-state index contributed by atoms with van der Waals surface area (Å²) >= 11 is 0. The Hall–Kier alpha value is -1.12. The van der Waals surface area contributed by atoms with Crippen molar-refractivity contribution in [2.45, 2.75) is 13.8 Å². The summed E-state index contributed by atoms with van der Waals surface area (Å²) in [5, 5.41) is 7.01. The lowest BCUT2D eigenvalue weighted by atomic mass is 10.3. The van der Waals surface area contributed by atoms with Crippen molar-refractivity contribution in [3.05, 3.63) is 11.4 Å². The highest BCUT2D eigenvalue weighted by molar-refractivity contribution is 5.76. The molecule has 3 nitrogen and oxygen atoms in total. The number of nitrogens with zero attached hydrogens (tertiary/aromatic N) is 2. The molecule has 0 bridgehead atoms. The second-order valence-corrected chi connectivity index (χ2v) is 2.32. The predicted octanol–water partition coefficient (Wildman–Crippen LogP) is 1.52. The van der Waals surface area contributed by atoms with Gasteiger partial charge < -0.3 is 10.3 Å². The Morgan fingerprint density at radius 1 is 1.73 bits per heavy atom. The van der Waals surface area contributed by atoms with E-state index >= 15 is 0 Å². The largest absolute Gasteiger partial charge is 0.360 e. The molecule has 0 radical (unpaired) electrons. The molecule has 0 rings (SSSR count). The predicted molar refractivity (Wildman–Crippen MR) is 49.3 cm³/mol. The van der Waals surface area contributed by atoms with E-state index < -0.39 is 0 Å². The van der Waals surface area contributed by atoms with Gasteiger partial charge in [-0.05, 0) is 20.6 Å². The summed E-state index contributed by atoms with van der Waals surface area (Å²) in [6.07, 6.45) is 1.29. The van der Waals surface area contributed by atoms with Crippen molar-refractivity contribution in [1.29, 1.82) is 5.41 Å². The standard InChI is InChI=1S/C8H15N3/c1-5-11(4)8(10-3)7(2)6-9/h6,9H,3,5H2,1-2,4H3/b8-7+,9-6?. The normalized spacial score (nSPS) is 11.9. The van der Waals surface area contributed by atoms with E-state index in [0.717, 1.165) is 17.9 Å². The van der Waals surface area contributed by atoms with Gasteiger partial charge >= 0.3 is 0 Å². The van der Waals surface area contributed by atoms with Crippen LogP contribution in [-0.4, -0.2) is 31.4 Å². The van der Waals surface area contributed by atoms with E-state index in [2.05, 4.69) is 11.7 Å². The minimum Gasteiger partial charge on any atom is -0.360 e. The monoisotopic (exact) mass is 153 g/mol. The second-order valence-electron chi connectivity index (χ2n) is 2.32. The lowest BCUT2D eigenvalue weighted by Crippen LogP contribution is -2.17. The molecule has 0 saturated heterocycles. The Morgan fingerprint density at radius 3 is 2.55 bits per heavy atom. The number of allylic oxidation sites excluding steroid dienone is 1. The van der Waals surface area contributed by atoms with Gasteiger partial charge in [0.15, 0.2) is 0 Å². The topological polar surface area (TPSA) is 39.5 Å². The first-order chi connectivity index (χ1) is 5.17. The fourth-order valence-electron chi connectivity index (χ4n) is 0.761. The summed E-state index contributed by atoms with van der Waals surface area (Å²) < 4.78 is 0. The number of nitrogens with one attached hydrogen (secondary N) is 1. The third kappa shape index (κ3) is 2.53. The first-order valence-electron chi connectivity index (χ1n) is 3.56. The molecule has 0 aliphatic rings. The maximum Gasteiger partial charge on any atom is 0.131 e. The maximum absolute atomic E-state index is 7.01. The lowest BCUT2D eigenvalue weighted by molar-refractivity contribution is 0.435. The Labute approximate surface area is 67.9 Å². The Bertz CT molecular complexity index is 182. The highest BCUT2D eigenvalue weighted by Crippen LogP contribution is 2.06. The molecule has 0 spiro atoms. The Morgan fingerprint density at radius 2 is 2.27 bits per heavy atom. The Kier molecular flexibility index (Phi) is 4.18. The van der Waals surface area contributed by atoms with Crippen molar-refractivity contribution in [2.75, 3.05) is 13.6 Å². The lowest BCUT2D eigenvalue weighted by Gasteiger charge is -2.17. The van der Waals surface area contributed by atoms with Gasteiger partial charge in [-0.3, -0.25) is 0 Å². The van der Waals surface area contributed by atoms with Gasteiger partial charge in [0, 0.05) is 25.4 Å². The molecular formula is C8H15N3. The van der Waals surface area contributed by atoms with Crippen LogP contribution in [0.5, 0.6) is 0 Å². The quantitative estimate of drug-likeness (QED) is 0.611. The van der Waals surface area contributed by atoms with Crippen molar-refractivity contribution < 1.29 is 0 Å². The zero-order valence-electron chi connectivity index (χ0n) is 7.39. The number of hydrogen-bond donors (Lipinski definition) is 1. The molecule has 62 valence electrons. The van der Waals surface area contributed by atoms with Gasteiger partial charge in [0.05, 0.1) is 0 Å². The molecule has 0 heterocycles. The van der Waals surface area contributed by atoms with E-state index in [4.69, 9.17) is 5.41 Å². The molecule has 0 amide bonds. The zero-order valence-corrected chi connectivity index (χ0v) is 7.39. The molecule has 0 aromatic heterocycles. The average Bonchev–Trinajstić information content (AvgIpc) is 2.05. The molecule has 11 heavy (non-hydrogen) atoms. The van der Waals surface area contributed by atoms with E-state index in [1.807, 2.05) is 25.8 Å². The summed E-state index contributed by atoms with van der Waals surface area (Å²) in [6, 6.07) is 0. The van der Waals surface area contributed by atoms with Gasteiger partial charge in [0.2, 0.25) is 0 Å². The third-order valence-electron chi connectivity index (χ3n) is 1.55. The molecule has 0 saturated carbocycles. The van der Waals surface area contributed by atoms with E-state index in [9.17, 15) is 0 Å². The molecule has 3 heteroatoms. The highest BCUT2D eigenvalue weighted by atomic mass is 15.2. The van der Waals surface area contributed by atoms with Crippen LogP contribution in [0.2, 0.25) is 0 Å². The minimum absolute atomic E-state index is 0.780. The third-order valence-corrected chi connectivity index (χ3v) is 1.55. The van der Waals surface area contributed by atoms with Gasteiger partial charge in [0.1, 0.15) is 5.82 Å². The second kappa shape index (κ2) is 4.66. The van der Waals surface area contributed by atoms with Crippen LogP contribution in [0, 0.1) is 5.41 Å². The zero-order chi connectivity index (χ0) is 8.85. The molecule has 0 aromatic rings. The molecular weight excluding hydrogens is 138 g/mol. The molecule has 0 aromatic carbocycles. The van der Waals surface area contributed by atoms with Gasteiger partial charge in [-0.15, -0.1) is 0 Å². The molecule has 0 aliphatic heterocycles. The Balaban J connectivity index is 4.63. The first-order valence-corrected chi connectivity index (χ1v) is 3.56. The van der Waals surface area contributed by atoms with E-state index in [1.54, 1.807) is 0 Å². The van der Waals surface area contributed by atoms with Crippen LogP contribution in [-0.2, 0) is 0 Å². The van der Waals surface area contributed by atoms with E-state index in [0.29, 0.717) is 0 Å². The van der Waals surface area contributed by atoms with Crippen molar-refractivity contribution in [1.82, 2.24) is 4.90 Å². The average molecular weight is 153 g/mol. The molecule has 0 atom stereocenters. The summed E-state index contributed by atoms with van der Waals surface area (Å²) in [5.74, 6) is 0.780. The molecule has 0 fully saturated rings. The summed E-state index contributed by atoms with van der Waals surface area (Å²) in [6.45, 7) is 8.20. The van der Waals surface area contributed by atoms with Crippen LogP contribution >= 0.6 is 0 Å². The van der Waals surface area contributed by atoms with E-state index in [1.165, 1.54) is 6.21 Å². The van der Waals surface area contributed by atoms with Crippen LogP contribution in [0.15, 0.2) is 16.4 Å². The first kappa shape index (κ1) is 9.88. The fraction of sp³-hybridized carbons (Fsp3) is 0.500. The molecule has 0 unspecified atom stereocenters. The number of aliphatic imine (C=N–C) groups is 1. The smallest absolute Gasteiger partial charge is 0.131 e. The number of rotatable bonds is 4. The van der Waals surface area contributed by atoms with Crippen molar-refractivity contribution in [2.24, 2.45) is 4.99 Å². The van der Waals surface area contributed by atoms with Crippen molar-refractivity contribution >= 4 is 12.9 Å². The van der Waals surface area contributed by atoms with Crippen LogP contribution in [0.25, 0.3) is 0 Å². The van der Waals surface area contributed by atoms with Crippen LogP contribution in [0.3, 0.4) is 0 Å². The van der Waals surface area contributed by atoms with Crippen molar-refractivity contribution in [3.8, 4) is 0 Å². The van der Waals surface area contributed by atoms with Crippen LogP contribution in [0.1, 0.15) is 13.8 Å². The fourth-order valence-corrected chi connectivity index (χ4v) is 0.761. The van der Waals surface area contributed by atoms with Gasteiger partial charge in [-0.2, -0.15) is 0 Å². The van der Waals surface area contributed by atoms with Gasteiger partial charge in [-0.25, -0.2) is 4.99 Å². The van der Waals surface area contributed by atoms with E-state index in [-0.39, 0.29) is 0 Å². The van der Waals surface area contributed by atoms with Crippen LogP contribution < -0.4 is 0 Å². The van der Waals surface area contributed by atoms with Gasteiger partial charge in [0.25, 0.3) is 0 Å². The van der Waals surface area contributed by atoms with Gasteiger partial charge in [-0.1, -0.05) is 0 Å². The van der Waals surface area contributed by atoms with Crippen LogP contribution in [0.4, 0.5) is 0 Å². The molecule has 1 N–H and O–H groups in total. The highest BCUT2D eigenvalue weighted by Gasteiger charge is 2.01. The SMILES string of the molecule is C=N/C(=C(/C)C=N)N(C)CC. The molecule has 0 aliphatic carbocycles. The number of hydrogen-bond acceptors (Lipinski definition) is 3. The minimum atomic E-state index is 0.780. The summed E-state index contributed by atoms with van der Waals surface area (Å²) in [5.41, 5.74) is 0.837.